The monoisotopic (exact) mass is 424 g/mol. The van der Waals surface area contributed by atoms with E-state index in [4.69, 9.17) is 11.6 Å². The van der Waals surface area contributed by atoms with E-state index in [9.17, 15) is 33.2 Å². The van der Waals surface area contributed by atoms with Crippen LogP contribution in [0.4, 0.5) is 13.2 Å². The van der Waals surface area contributed by atoms with Crippen LogP contribution in [0.15, 0.2) is 53.4 Å². The molecule has 0 bridgehead atoms. The number of halogens is 4. The molecule has 0 fully saturated rings. The van der Waals surface area contributed by atoms with Gasteiger partial charge in [0.05, 0.1) is 16.1 Å². The van der Waals surface area contributed by atoms with E-state index in [-0.39, 0.29) is 16.3 Å². The van der Waals surface area contributed by atoms with Gasteiger partial charge in [-0.25, -0.2) is 18.0 Å². The fraction of sp³-hybridized carbons (Fsp3) is 0.105. The van der Waals surface area contributed by atoms with Crippen LogP contribution < -0.4 is 5.32 Å². The van der Waals surface area contributed by atoms with Gasteiger partial charge in [0.1, 0.15) is 29.1 Å². The van der Waals surface area contributed by atoms with Crippen molar-refractivity contribution in [3.63, 3.8) is 0 Å². The number of benzene rings is 2. The molecule has 2 aromatic rings. The van der Waals surface area contributed by atoms with Crippen molar-refractivity contribution in [1.82, 2.24) is 5.32 Å². The van der Waals surface area contributed by atoms with Crippen molar-refractivity contribution < 1.29 is 28.0 Å². The molecule has 29 heavy (non-hydrogen) atoms. The van der Waals surface area contributed by atoms with E-state index in [1.54, 1.807) is 6.07 Å². The van der Waals surface area contributed by atoms with Crippen LogP contribution in [0.2, 0.25) is 5.02 Å². The van der Waals surface area contributed by atoms with Gasteiger partial charge in [0.15, 0.2) is 0 Å². The molecule has 0 spiro atoms. The minimum absolute atomic E-state index is 0.0321. The molecule has 0 radical (unpaired) electrons. The van der Waals surface area contributed by atoms with Gasteiger partial charge in [-0.2, -0.15) is 0 Å². The van der Waals surface area contributed by atoms with Crippen LogP contribution >= 0.6 is 11.6 Å². The number of hydrogen-bond acceptors (Lipinski definition) is 4. The van der Waals surface area contributed by atoms with Gasteiger partial charge in [0.25, 0.3) is 5.70 Å². The molecule has 1 aliphatic heterocycles. The van der Waals surface area contributed by atoms with Crippen LogP contribution in [0.5, 0.6) is 0 Å². The normalized spacial score (nSPS) is 16.7. The lowest BCUT2D eigenvalue weighted by Gasteiger charge is -2.27. The molecular weight excluding hydrogens is 413 g/mol. The molecule has 3 rings (SSSR count). The lowest BCUT2D eigenvalue weighted by molar-refractivity contribution is -0.428. The standard InChI is InChI=1S/C19H12ClF3N2O4/c1-8-14(19(26)27)15(10-4-2-3-5-11(10)20)18(25(28)29)17(24-8)16-12(22)6-9(21)7-13(16)23/h2-7,15,24H,1H3,(H,26,27). The maximum Gasteiger partial charge on any atom is 0.334 e. The van der Waals surface area contributed by atoms with Gasteiger partial charge >= 0.3 is 5.97 Å². The molecule has 1 unspecified atom stereocenters. The Morgan fingerprint density at radius 3 is 2.31 bits per heavy atom. The first-order valence-corrected chi connectivity index (χ1v) is 8.50. The van der Waals surface area contributed by atoms with Crippen LogP contribution in [0.25, 0.3) is 5.70 Å². The molecule has 0 aliphatic carbocycles. The van der Waals surface area contributed by atoms with Crippen molar-refractivity contribution >= 4 is 23.3 Å². The molecule has 0 saturated carbocycles. The molecule has 2 N–H and O–H groups in total. The Morgan fingerprint density at radius 2 is 1.79 bits per heavy atom. The zero-order valence-corrected chi connectivity index (χ0v) is 15.4. The van der Waals surface area contributed by atoms with Gasteiger partial charge in [-0.1, -0.05) is 29.8 Å². The van der Waals surface area contributed by atoms with E-state index in [0.29, 0.717) is 12.1 Å². The molecule has 150 valence electrons. The second-order valence-electron chi connectivity index (χ2n) is 6.19. The molecule has 6 nitrogen and oxygen atoms in total. The van der Waals surface area contributed by atoms with Gasteiger partial charge in [-0.05, 0) is 18.6 Å². The molecule has 1 heterocycles. The lowest BCUT2D eigenvalue weighted by atomic mass is 9.82. The maximum absolute atomic E-state index is 14.4. The second kappa shape index (κ2) is 7.59. The summed E-state index contributed by atoms with van der Waals surface area (Å²) in [6, 6.07) is 6.58. The quantitative estimate of drug-likeness (QED) is 0.559. The fourth-order valence-electron chi connectivity index (χ4n) is 3.28. The number of carbonyl (C=O) groups is 1. The molecule has 0 saturated heterocycles. The molecule has 0 amide bonds. The maximum atomic E-state index is 14.4. The van der Waals surface area contributed by atoms with E-state index >= 15 is 0 Å². The van der Waals surface area contributed by atoms with Gasteiger partial charge in [-0.15, -0.1) is 0 Å². The third kappa shape index (κ3) is 3.56. The number of allylic oxidation sites excluding steroid dienone is 2. The summed E-state index contributed by atoms with van der Waals surface area (Å²) in [5, 5.41) is 24.0. The highest BCUT2D eigenvalue weighted by atomic mass is 35.5. The van der Waals surface area contributed by atoms with Crippen molar-refractivity contribution in [1.29, 1.82) is 0 Å². The smallest absolute Gasteiger partial charge is 0.334 e. The second-order valence-corrected chi connectivity index (χ2v) is 6.59. The summed E-state index contributed by atoms with van der Waals surface area (Å²) in [7, 11) is 0. The van der Waals surface area contributed by atoms with Crippen molar-refractivity contribution in [2.75, 3.05) is 0 Å². The number of aliphatic carboxylic acids is 1. The largest absolute Gasteiger partial charge is 0.478 e. The average molecular weight is 425 g/mol. The zero-order chi connectivity index (χ0) is 21.5. The highest BCUT2D eigenvalue weighted by Gasteiger charge is 2.43. The van der Waals surface area contributed by atoms with Gasteiger partial charge in [-0.3, -0.25) is 10.1 Å². The Kier molecular flexibility index (Phi) is 5.34. The predicted molar refractivity (Wildman–Crippen MR) is 97.9 cm³/mol. The Bertz CT molecular complexity index is 1090. The summed E-state index contributed by atoms with van der Waals surface area (Å²) in [4.78, 5) is 22.9. The summed E-state index contributed by atoms with van der Waals surface area (Å²) < 4.78 is 42.1. The number of nitrogens with zero attached hydrogens (tertiary/aromatic N) is 1. The van der Waals surface area contributed by atoms with Crippen LogP contribution in [0.3, 0.4) is 0 Å². The summed E-state index contributed by atoms with van der Waals surface area (Å²) in [5.74, 6) is -6.97. The van der Waals surface area contributed by atoms with E-state index in [2.05, 4.69) is 5.32 Å². The lowest BCUT2D eigenvalue weighted by Crippen LogP contribution is -2.32. The van der Waals surface area contributed by atoms with Gasteiger partial charge in [0, 0.05) is 22.9 Å². The van der Waals surface area contributed by atoms with Crippen molar-refractivity contribution in [3.8, 4) is 0 Å². The first-order valence-electron chi connectivity index (χ1n) is 8.12. The van der Waals surface area contributed by atoms with Crippen LogP contribution in [0.1, 0.15) is 24.0 Å². The summed E-state index contributed by atoms with van der Waals surface area (Å²) in [6.45, 7) is 1.29. The van der Waals surface area contributed by atoms with E-state index in [1.165, 1.54) is 25.1 Å². The molecule has 1 aliphatic rings. The first kappa shape index (κ1) is 20.4. The predicted octanol–water partition coefficient (Wildman–Crippen LogP) is 4.45. The van der Waals surface area contributed by atoms with E-state index in [1.807, 2.05) is 0 Å². The summed E-state index contributed by atoms with van der Waals surface area (Å²) in [6.07, 6.45) is 0. The van der Waals surface area contributed by atoms with Crippen LogP contribution in [-0.2, 0) is 4.79 Å². The number of nitro groups is 1. The van der Waals surface area contributed by atoms with Gasteiger partial charge < -0.3 is 10.4 Å². The Hall–Kier alpha value is -3.33. The van der Waals surface area contributed by atoms with E-state index < -0.39 is 56.8 Å². The molecule has 0 aromatic heterocycles. The molecular formula is C19H12ClF3N2O4. The van der Waals surface area contributed by atoms with Crippen LogP contribution in [0, 0.1) is 27.6 Å². The number of hydrogen-bond donors (Lipinski definition) is 2. The third-order valence-electron chi connectivity index (χ3n) is 4.43. The Balaban J connectivity index is 2.41. The number of nitrogens with one attached hydrogen (secondary N) is 1. The molecule has 10 heteroatoms. The highest BCUT2D eigenvalue weighted by molar-refractivity contribution is 6.31. The van der Waals surface area contributed by atoms with Crippen molar-refractivity contribution in [2.45, 2.75) is 12.8 Å². The van der Waals surface area contributed by atoms with Gasteiger partial charge in [0.2, 0.25) is 0 Å². The molecule has 2 aromatic carbocycles. The zero-order valence-electron chi connectivity index (χ0n) is 14.7. The third-order valence-corrected chi connectivity index (χ3v) is 4.78. The summed E-state index contributed by atoms with van der Waals surface area (Å²) in [5.41, 5.74) is -2.73. The average Bonchev–Trinajstić information content (AvgIpc) is 2.60. The number of carboxylic acids is 1. The summed E-state index contributed by atoms with van der Waals surface area (Å²) >= 11 is 6.14. The van der Waals surface area contributed by atoms with Crippen molar-refractivity contribution in [3.05, 3.63) is 97.1 Å². The SMILES string of the molecule is CC1=C(C(=O)O)C(c2ccccc2Cl)C([N+](=O)[O-])=C(c2c(F)cc(F)cc2F)N1. The number of carboxylic acid groups (broad SMARTS) is 1. The first-order chi connectivity index (χ1) is 13.6. The topological polar surface area (TPSA) is 92.5 Å². The van der Waals surface area contributed by atoms with Crippen molar-refractivity contribution in [2.24, 2.45) is 0 Å². The number of dihydropyridines is 1. The molecule has 1 atom stereocenters. The number of rotatable bonds is 4. The van der Waals surface area contributed by atoms with E-state index in [0.717, 1.165) is 0 Å². The fourth-order valence-corrected chi connectivity index (χ4v) is 3.53. The minimum atomic E-state index is -1.53. The Labute approximate surface area is 167 Å². The van der Waals surface area contributed by atoms with Crippen LogP contribution in [-0.4, -0.2) is 16.0 Å². The Morgan fingerprint density at radius 1 is 1.21 bits per heavy atom. The highest BCUT2D eigenvalue weighted by Crippen LogP contribution is 2.43. The minimum Gasteiger partial charge on any atom is -0.478 e.